The number of ether oxygens (including phenoxy) is 1. The summed E-state index contributed by atoms with van der Waals surface area (Å²) in [6, 6.07) is 6.05. The molecule has 1 aromatic heterocycles. The molecule has 0 fully saturated rings. The van der Waals surface area contributed by atoms with Crippen LogP contribution >= 0.6 is 0 Å². The van der Waals surface area contributed by atoms with Crippen molar-refractivity contribution in [1.29, 1.82) is 0 Å². The number of nitrogens with two attached hydrogens (primary N) is 1. The number of carbonyl (C=O) groups is 2. The molecule has 0 bridgehead atoms. The molecular weight excluding hydrogens is 456 g/mol. The van der Waals surface area contributed by atoms with Crippen molar-refractivity contribution in [2.45, 2.75) is 39.3 Å². The van der Waals surface area contributed by atoms with Crippen LogP contribution in [0.1, 0.15) is 37.6 Å². The van der Waals surface area contributed by atoms with Crippen LogP contribution in [0.5, 0.6) is 11.5 Å². The number of benzene rings is 2. The van der Waals surface area contributed by atoms with Crippen LogP contribution in [-0.4, -0.2) is 52.7 Å². The number of primary amides is 1. The summed E-state index contributed by atoms with van der Waals surface area (Å²) in [5.41, 5.74) is 5.02. The monoisotopic (exact) mass is 487 g/mol. The molecule has 8 nitrogen and oxygen atoms in total. The molecule has 0 aliphatic heterocycles. The lowest BCUT2D eigenvalue weighted by Gasteiger charge is -2.29. The highest BCUT2D eigenvalue weighted by molar-refractivity contribution is 6.03. The Morgan fingerprint density at radius 1 is 1.20 bits per heavy atom. The van der Waals surface area contributed by atoms with Crippen molar-refractivity contribution in [3.8, 4) is 11.5 Å². The molecule has 0 spiro atoms. The Balaban J connectivity index is 2.07. The van der Waals surface area contributed by atoms with Crippen molar-refractivity contribution < 1.29 is 23.1 Å². The Morgan fingerprint density at radius 2 is 1.91 bits per heavy atom. The number of hydrogen-bond acceptors (Lipinski definition) is 5. The van der Waals surface area contributed by atoms with Crippen LogP contribution in [0.2, 0.25) is 0 Å². The summed E-state index contributed by atoms with van der Waals surface area (Å²) in [5, 5.41) is 7.79. The number of halogens is 2. The number of hydrogen-bond donors (Lipinski definition) is 2. The van der Waals surface area contributed by atoms with E-state index in [4.69, 9.17) is 10.5 Å². The third kappa shape index (κ3) is 6.13. The second kappa shape index (κ2) is 10.4. The lowest BCUT2D eigenvalue weighted by Crippen LogP contribution is -2.56. The normalized spacial score (nSPS) is 13.3. The maximum atomic E-state index is 14.3. The minimum absolute atomic E-state index is 0.0315. The Labute approximate surface area is 203 Å². The summed E-state index contributed by atoms with van der Waals surface area (Å²) in [6.07, 6.45) is 1.90. The first-order valence-electron chi connectivity index (χ1n) is 11.3. The Hall–Kier alpha value is -3.53. The Kier molecular flexibility index (Phi) is 7.74. The summed E-state index contributed by atoms with van der Waals surface area (Å²) in [6.45, 7) is 6.75. The number of rotatable bonds is 10. The fraction of sp³-hybridized carbons (Fsp3) is 0.400. The van der Waals surface area contributed by atoms with E-state index in [1.807, 2.05) is 32.8 Å². The van der Waals surface area contributed by atoms with Crippen molar-refractivity contribution in [3.05, 3.63) is 53.7 Å². The lowest BCUT2D eigenvalue weighted by atomic mass is 9.95. The van der Waals surface area contributed by atoms with Crippen LogP contribution in [0.4, 0.5) is 8.78 Å². The summed E-state index contributed by atoms with van der Waals surface area (Å²) in [5.74, 6) is -2.91. The highest BCUT2D eigenvalue weighted by atomic mass is 19.1. The molecule has 1 atom stereocenters. The van der Waals surface area contributed by atoms with E-state index in [2.05, 4.69) is 10.4 Å². The van der Waals surface area contributed by atoms with Crippen LogP contribution < -0.4 is 15.8 Å². The zero-order valence-electron chi connectivity index (χ0n) is 20.6. The highest BCUT2D eigenvalue weighted by Crippen LogP contribution is 2.32. The van der Waals surface area contributed by atoms with Gasteiger partial charge in [-0.05, 0) is 57.6 Å². The molecule has 0 aliphatic carbocycles. The number of nitrogens with zero attached hydrogens (tertiary/aromatic N) is 3. The Morgan fingerprint density at radius 3 is 2.51 bits per heavy atom. The van der Waals surface area contributed by atoms with E-state index in [-0.39, 0.29) is 23.5 Å². The molecule has 0 saturated carbocycles. The topological polar surface area (TPSA) is 102 Å². The van der Waals surface area contributed by atoms with Gasteiger partial charge in [0.25, 0.3) is 5.91 Å². The quantitative estimate of drug-likeness (QED) is 0.454. The molecule has 0 saturated heterocycles. The van der Waals surface area contributed by atoms with Crippen LogP contribution in [0.3, 0.4) is 0 Å². The molecule has 10 heteroatoms. The first-order valence-corrected chi connectivity index (χ1v) is 11.3. The predicted molar refractivity (Wildman–Crippen MR) is 129 cm³/mol. The number of aromatic nitrogens is 2. The molecule has 1 heterocycles. The predicted octanol–water partition coefficient (Wildman–Crippen LogP) is 3.69. The van der Waals surface area contributed by atoms with Gasteiger partial charge >= 0.3 is 0 Å². The molecule has 0 aliphatic rings. The van der Waals surface area contributed by atoms with Crippen LogP contribution in [0.15, 0.2) is 36.5 Å². The van der Waals surface area contributed by atoms with Gasteiger partial charge in [0.2, 0.25) is 5.91 Å². The SMILES string of the molecule is CC(C)Cn1ncc2cc(Oc3ccc(F)cc3F)c(C(=O)NC(C)(CCN(C)C)C(N)=O)cc21. The van der Waals surface area contributed by atoms with Crippen molar-refractivity contribution >= 4 is 22.7 Å². The van der Waals surface area contributed by atoms with Gasteiger partial charge in [-0.3, -0.25) is 14.3 Å². The maximum absolute atomic E-state index is 14.3. The fourth-order valence-electron chi connectivity index (χ4n) is 3.55. The highest BCUT2D eigenvalue weighted by Gasteiger charge is 2.34. The summed E-state index contributed by atoms with van der Waals surface area (Å²) < 4.78 is 35.2. The molecule has 188 valence electrons. The zero-order chi connectivity index (χ0) is 25.9. The van der Waals surface area contributed by atoms with Gasteiger partial charge in [-0.25, -0.2) is 8.78 Å². The van der Waals surface area contributed by atoms with Crippen LogP contribution in [-0.2, 0) is 11.3 Å². The number of amides is 2. The molecule has 1 unspecified atom stereocenters. The van der Waals surface area contributed by atoms with Crippen molar-refractivity contribution in [3.63, 3.8) is 0 Å². The van der Waals surface area contributed by atoms with Crippen molar-refractivity contribution in [1.82, 2.24) is 20.0 Å². The van der Waals surface area contributed by atoms with Crippen LogP contribution in [0, 0.1) is 17.6 Å². The van der Waals surface area contributed by atoms with E-state index in [1.54, 1.807) is 29.9 Å². The van der Waals surface area contributed by atoms with Crippen molar-refractivity contribution in [2.75, 3.05) is 20.6 Å². The molecule has 3 rings (SSSR count). The lowest BCUT2D eigenvalue weighted by molar-refractivity contribution is -0.123. The van der Waals surface area contributed by atoms with E-state index in [9.17, 15) is 18.4 Å². The molecule has 3 N–H and O–H groups in total. The zero-order valence-corrected chi connectivity index (χ0v) is 20.6. The second-order valence-corrected chi connectivity index (χ2v) is 9.51. The molecular formula is C25H31F2N5O3. The number of nitrogens with one attached hydrogen (secondary N) is 1. The average Bonchev–Trinajstić information content (AvgIpc) is 3.14. The van der Waals surface area contributed by atoms with E-state index < -0.39 is 29.0 Å². The van der Waals surface area contributed by atoms with E-state index in [1.165, 1.54) is 0 Å². The van der Waals surface area contributed by atoms with Gasteiger partial charge in [0.15, 0.2) is 11.6 Å². The first-order chi connectivity index (χ1) is 16.4. The standard InChI is InChI=1S/C25H31F2N5O3/c1-15(2)14-32-20-12-18(23(33)30-25(3,24(28)34)8-9-31(4)5)22(10-16(20)13-29-32)35-21-7-6-17(26)11-19(21)27/h6-7,10-13,15H,8-9,14H2,1-5H3,(H2,28,34)(H,30,33). The Bertz CT molecular complexity index is 1240. The fourth-order valence-corrected chi connectivity index (χ4v) is 3.55. The van der Waals surface area contributed by atoms with Gasteiger partial charge < -0.3 is 20.7 Å². The number of carbonyl (C=O) groups excluding carboxylic acids is 2. The molecule has 2 aromatic carbocycles. The van der Waals surface area contributed by atoms with Gasteiger partial charge in [0.05, 0.1) is 17.3 Å². The van der Waals surface area contributed by atoms with Crippen LogP contribution in [0.25, 0.3) is 10.9 Å². The molecule has 0 radical (unpaired) electrons. The summed E-state index contributed by atoms with van der Waals surface area (Å²) >= 11 is 0. The second-order valence-electron chi connectivity index (χ2n) is 9.51. The number of fused-ring (bicyclic) bond motifs is 1. The third-order valence-corrected chi connectivity index (χ3v) is 5.63. The van der Waals surface area contributed by atoms with Gasteiger partial charge in [-0.2, -0.15) is 5.10 Å². The van der Waals surface area contributed by atoms with Gasteiger partial charge in [0, 0.05) is 24.5 Å². The summed E-state index contributed by atoms with van der Waals surface area (Å²) in [4.78, 5) is 27.6. The van der Waals surface area contributed by atoms with Crippen molar-refractivity contribution in [2.24, 2.45) is 11.7 Å². The van der Waals surface area contributed by atoms with E-state index in [0.29, 0.717) is 36.0 Å². The first kappa shape index (κ1) is 26.1. The average molecular weight is 488 g/mol. The smallest absolute Gasteiger partial charge is 0.255 e. The largest absolute Gasteiger partial charge is 0.453 e. The molecule has 3 aromatic rings. The maximum Gasteiger partial charge on any atom is 0.255 e. The third-order valence-electron chi connectivity index (χ3n) is 5.63. The van der Waals surface area contributed by atoms with Gasteiger partial charge in [0.1, 0.15) is 17.1 Å². The molecule has 35 heavy (non-hydrogen) atoms. The minimum atomic E-state index is -1.34. The minimum Gasteiger partial charge on any atom is -0.453 e. The van der Waals surface area contributed by atoms with Gasteiger partial charge in [-0.15, -0.1) is 0 Å². The van der Waals surface area contributed by atoms with Gasteiger partial charge in [-0.1, -0.05) is 13.8 Å². The molecule has 2 amide bonds. The summed E-state index contributed by atoms with van der Waals surface area (Å²) in [7, 11) is 3.69. The van der Waals surface area contributed by atoms with E-state index in [0.717, 1.165) is 12.1 Å². The van der Waals surface area contributed by atoms with E-state index >= 15 is 0 Å².